The van der Waals surface area contributed by atoms with Gasteiger partial charge >= 0.3 is 0 Å². The minimum atomic E-state index is 0.0342. The van der Waals surface area contributed by atoms with E-state index < -0.39 is 0 Å². The standard InChI is InChI=1S/C14H22ClN3O/c1-10(2)18-14(16-4)17-9-11(3)19-13-7-5-12(15)6-8-13/h5-8,10-11H,9H2,1-4H3,(H2,16,17,18). The van der Waals surface area contributed by atoms with Gasteiger partial charge in [-0.1, -0.05) is 11.6 Å². The van der Waals surface area contributed by atoms with Gasteiger partial charge in [0.25, 0.3) is 0 Å². The monoisotopic (exact) mass is 283 g/mol. The molecule has 1 aromatic rings. The van der Waals surface area contributed by atoms with Crippen molar-refractivity contribution in [2.75, 3.05) is 13.6 Å². The minimum Gasteiger partial charge on any atom is -0.489 e. The maximum atomic E-state index is 5.83. The topological polar surface area (TPSA) is 45.7 Å². The van der Waals surface area contributed by atoms with Crippen molar-refractivity contribution in [2.24, 2.45) is 4.99 Å². The molecule has 1 aromatic carbocycles. The number of nitrogens with one attached hydrogen (secondary N) is 2. The Bertz CT molecular complexity index is 404. The van der Waals surface area contributed by atoms with Crippen molar-refractivity contribution in [1.29, 1.82) is 0 Å². The second-order valence-corrected chi connectivity index (χ2v) is 5.07. The number of hydrogen-bond donors (Lipinski definition) is 2. The number of nitrogens with zero attached hydrogens (tertiary/aromatic N) is 1. The Morgan fingerprint density at radius 2 is 1.89 bits per heavy atom. The highest BCUT2D eigenvalue weighted by molar-refractivity contribution is 6.30. The highest BCUT2D eigenvalue weighted by Crippen LogP contribution is 2.16. The summed E-state index contributed by atoms with van der Waals surface area (Å²) in [6, 6.07) is 7.70. The van der Waals surface area contributed by atoms with E-state index in [1.165, 1.54) is 0 Å². The van der Waals surface area contributed by atoms with E-state index in [4.69, 9.17) is 16.3 Å². The third-order valence-electron chi connectivity index (χ3n) is 2.36. The van der Waals surface area contributed by atoms with Crippen molar-refractivity contribution in [2.45, 2.75) is 32.9 Å². The molecule has 1 atom stereocenters. The summed E-state index contributed by atoms with van der Waals surface area (Å²) in [5, 5.41) is 7.15. The van der Waals surface area contributed by atoms with Crippen LogP contribution in [0.4, 0.5) is 0 Å². The first kappa shape index (κ1) is 15.6. The van der Waals surface area contributed by atoms with Crippen molar-refractivity contribution in [3.63, 3.8) is 0 Å². The van der Waals surface area contributed by atoms with Gasteiger partial charge in [-0.25, -0.2) is 0 Å². The quantitative estimate of drug-likeness (QED) is 0.645. The maximum Gasteiger partial charge on any atom is 0.191 e. The van der Waals surface area contributed by atoms with Crippen LogP contribution in [0.5, 0.6) is 5.75 Å². The molecule has 106 valence electrons. The highest BCUT2D eigenvalue weighted by Gasteiger charge is 2.06. The summed E-state index contributed by atoms with van der Waals surface area (Å²) in [5.74, 6) is 1.59. The molecule has 19 heavy (non-hydrogen) atoms. The van der Waals surface area contributed by atoms with Gasteiger partial charge in [-0.2, -0.15) is 0 Å². The molecule has 2 N–H and O–H groups in total. The molecule has 1 unspecified atom stereocenters. The van der Waals surface area contributed by atoms with E-state index in [-0.39, 0.29) is 6.10 Å². The Labute approximate surface area is 120 Å². The van der Waals surface area contributed by atoms with E-state index >= 15 is 0 Å². The van der Waals surface area contributed by atoms with Gasteiger partial charge in [0, 0.05) is 18.1 Å². The largest absolute Gasteiger partial charge is 0.489 e. The number of ether oxygens (including phenoxy) is 1. The van der Waals surface area contributed by atoms with Gasteiger partial charge in [0.15, 0.2) is 5.96 Å². The molecule has 0 saturated carbocycles. The number of benzene rings is 1. The zero-order valence-corrected chi connectivity index (χ0v) is 12.7. The fourth-order valence-electron chi connectivity index (χ4n) is 1.50. The number of aliphatic imine (C=N–C) groups is 1. The van der Waals surface area contributed by atoms with Gasteiger partial charge in [0.1, 0.15) is 11.9 Å². The molecule has 0 fully saturated rings. The fourth-order valence-corrected chi connectivity index (χ4v) is 1.62. The smallest absolute Gasteiger partial charge is 0.191 e. The van der Waals surface area contributed by atoms with E-state index in [0.29, 0.717) is 17.6 Å². The van der Waals surface area contributed by atoms with Crippen molar-refractivity contribution < 1.29 is 4.74 Å². The van der Waals surface area contributed by atoms with Crippen LogP contribution in [0.2, 0.25) is 5.02 Å². The Kier molecular flexibility index (Phi) is 6.50. The number of halogens is 1. The summed E-state index contributed by atoms with van der Waals surface area (Å²) in [4.78, 5) is 4.14. The SMILES string of the molecule is CN=C(NCC(C)Oc1ccc(Cl)cc1)NC(C)C. The van der Waals surface area contributed by atoms with Crippen molar-refractivity contribution in [1.82, 2.24) is 10.6 Å². The van der Waals surface area contributed by atoms with E-state index in [9.17, 15) is 0 Å². The number of rotatable bonds is 5. The zero-order valence-electron chi connectivity index (χ0n) is 11.9. The number of guanidine groups is 1. The predicted octanol–water partition coefficient (Wildman–Crippen LogP) is 2.68. The molecule has 5 heteroatoms. The second-order valence-electron chi connectivity index (χ2n) is 4.63. The first-order valence-corrected chi connectivity index (χ1v) is 6.78. The van der Waals surface area contributed by atoms with Crippen LogP contribution in [0.25, 0.3) is 0 Å². The lowest BCUT2D eigenvalue weighted by Crippen LogP contribution is -2.44. The average Bonchev–Trinajstić information content (AvgIpc) is 2.37. The molecule has 0 spiro atoms. The normalized spacial score (nSPS) is 13.3. The van der Waals surface area contributed by atoms with Crippen LogP contribution in [-0.4, -0.2) is 31.7 Å². The summed E-state index contributed by atoms with van der Waals surface area (Å²) < 4.78 is 5.77. The van der Waals surface area contributed by atoms with Crippen LogP contribution < -0.4 is 15.4 Å². The van der Waals surface area contributed by atoms with Gasteiger partial charge in [-0.15, -0.1) is 0 Å². The van der Waals surface area contributed by atoms with Crippen LogP contribution in [-0.2, 0) is 0 Å². The molecular weight excluding hydrogens is 262 g/mol. The minimum absolute atomic E-state index is 0.0342. The van der Waals surface area contributed by atoms with Crippen molar-refractivity contribution in [3.05, 3.63) is 29.3 Å². The molecule has 0 radical (unpaired) electrons. The Hall–Kier alpha value is -1.42. The molecule has 0 heterocycles. The molecule has 4 nitrogen and oxygen atoms in total. The van der Waals surface area contributed by atoms with E-state index in [1.54, 1.807) is 7.05 Å². The maximum absolute atomic E-state index is 5.83. The molecule has 0 bridgehead atoms. The van der Waals surface area contributed by atoms with E-state index in [0.717, 1.165) is 11.7 Å². The first-order chi connectivity index (χ1) is 9.01. The summed E-state index contributed by atoms with van der Waals surface area (Å²) in [7, 11) is 1.75. The molecule has 0 saturated heterocycles. The molecular formula is C14H22ClN3O. The Balaban J connectivity index is 2.38. The molecule has 0 amide bonds. The van der Waals surface area contributed by atoms with Gasteiger partial charge in [0.2, 0.25) is 0 Å². The summed E-state index contributed by atoms with van der Waals surface area (Å²) in [5.41, 5.74) is 0. The van der Waals surface area contributed by atoms with Crippen molar-refractivity contribution in [3.8, 4) is 5.75 Å². The molecule has 1 rings (SSSR count). The highest BCUT2D eigenvalue weighted by atomic mass is 35.5. The van der Waals surface area contributed by atoms with E-state index in [2.05, 4.69) is 29.5 Å². The summed E-state index contributed by atoms with van der Waals surface area (Å²) in [6.07, 6.45) is 0.0342. The molecule has 0 aliphatic rings. The molecule has 0 aliphatic carbocycles. The third kappa shape index (κ3) is 6.34. The average molecular weight is 284 g/mol. The van der Waals surface area contributed by atoms with Gasteiger partial charge in [-0.3, -0.25) is 4.99 Å². The van der Waals surface area contributed by atoms with Crippen LogP contribution in [0, 0.1) is 0 Å². The molecule has 0 aliphatic heterocycles. The number of hydrogen-bond acceptors (Lipinski definition) is 2. The predicted molar refractivity (Wildman–Crippen MR) is 81.2 cm³/mol. The third-order valence-corrected chi connectivity index (χ3v) is 2.61. The van der Waals surface area contributed by atoms with Crippen LogP contribution in [0.3, 0.4) is 0 Å². The van der Waals surface area contributed by atoms with Gasteiger partial charge in [0.05, 0.1) is 6.54 Å². The lowest BCUT2D eigenvalue weighted by Gasteiger charge is -2.19. The van der Waals surface area contributed by atoms with Gasteiger partial charge < -0.3 is 15.4 Å². The first-order valence-electron chi connectivity index (χ1n) is 6.40. The molecule has 0 aromatic heterocycles. The van der Waals surface area contributed by atoms with Crippen LogP contribution in [0.15, 0.2) is 29.3 Å². The zero-order chi connectivity index (χ0) is 14.3. The van der Waals surface area contributed by atoms with Crippen LogP contribution >= 0.6 is 11.6 Å². The Morgan fingerprint density at radius 3 is 2.42 bits per heavy atom. The van der Waals surface area contributed by atoms with Crippen molar-refractivity contribution >= 4 is 17.6 Å². The lowest BCUT2D eigenvalue weighted by atomic mass is 10.3. The summed E-state index contributed by atoms with van der Waals surface area (Å²) in [6.45, 7) is 6.82. The van der Waals surface area contributed by atoms with Gasteiger partial charge in [-0.05, 0) is 45.0 Å². The fraction of sp³-hybridized carbons (Fsp3) is 0.500. The van der Waals surface area contributed by atoms with Crippen LogP contribution in [0.1, 0.15) is 20.8 Å². The summed E-state index contributed by atoms with van der Waals surface area (Å²) >= 11 is 5.83. The lowest BCUT2D eigenvalue weighted by molar-refractivity contribution is 0.224. The Morgan fingerprint density at radius 1 is 1.26 bits per heavy atom. The van der Waals surface area contributed by atoms with E-state index in [1.807, 2.05) is 31.2 Å². The second kappa shape index (κ2) is 7.89.